The highest BCUT2D eigenvalue weighted by Crippen LogP contribution is 2.45. The Morgan fingerprint density at radius 2 is 1.68 bits per heavy atom. The lowest BCUT2D eigenvalue weighted by Gasteiger charge is -2.46. The summed E-state index contributed by atoms with van der Waals surface area (Å²) in [5, 5.41) is 13.7. The Bertz CT molecular complexity index is 923. The van der Waals surface area contributed by atoms with E-state index in [-0.39, 0.29) is 10.6 Å². The molecule has 2 aromatic rings. The molecule has 0 aliphatic carbocycles. The average Bonchev–Trinajstić information content (AvgIpc) is 3.28. The molecule has 7 nitrogen and oxygen atoms in total. The number of fused-ring (bicyclic) bond motifs is 1. The van der Waals surface area contributed by atoms with E-state index in [0.717, 1.165) is 0 Å². The van der Waals surface area contributed by atoms with Crippen molar-refractivity contribution in [3.8, 4) is 0 Å². The molecular formula is C20H25NO6S. The molecule has 2 aliphatic heterocycles. The predicted molar refractivity (Wildman–Crippen MR) is 102 cm³/mol. The Morgan fingerprint density at radius 1 is 1.04 bits per heavy atom. The largest absolute Gasteiger partial charge is 0.632 e. The molecule has 28 heavy (non-hydrogen) atoms. The fourth-order valence-corrected chi connectivity index (χ4v) is 6.07. The third kappa shape index (κ3) is 3.40. The predicted octanol–water partition coefficient (Wildman–Crippen LogP) is 2.51. The van der Waals surface area contributed by atoms with E-state index < -0.39 is 44.6 Å². The van der Waals surface area contributed by atoms with Gasteiger partial charge in [0.2, 0.25) is 0 Å². The molecule has 1 aromatic carbocycles. The third-order valence-electron chi connectivity index (χ3n) is 5.72. The van der Waals surface area contributed by atoms with Gasteiger partial charge in [-0.1, -0.05) is 18.2 Å². The zero-order valence-electron chi connectivity index (χ0n) is 16.1. The van der Waals surface area contributed by atoms with Gasteiger partial charge in [-0.05, 0) is 38.1 Å². The van der Waals surface area contributed by atoms with Crippen molar-refractivity contribution in [2.24, 2.45) is 0 Å². The molecule has 8 heteroatoms. The monoisotopic (exact) mass is 407 g/mol. The maximum absolute atomic E-state index is 13.7. The standard InChI is InChI=1S/C20H25NO6S/c1-20(2)26-18-16(12-14-8-7-11-25-14)21(3,22)17(19(18)27-20)13-28(23,24)15-9-5-4-6-10-15/h4-11,16-19H,12-13H2,1-3H3/t16-,17+,18+,19-,21-/m1/s1. The highest BCUT2D eigenvalue weighted by Gasteiger charge is 2.63. The summed E-state index contributed by atoms with van der Waals surface area (Å²) in [5.41, 5.74) is 0. The topological polar surface area (TPSA) is 88.8 Å². The van der Waals surface area contributed by atoms with E-state index in [1.54, 1.807) is 56.5 Å². The summed E-state index contributed by atoms with van der Waals surface area (Å²) < 4.78 is 42.7. The van der Waals surface area contributed by atoms with Crippen LogP contribution >= 0.6 is 0 Å². The van der Waals surface area contributed by atoms with Crippen molar-refractivity contribution in [1.29, 1.82) is 0 Å². The third-order valence-corrected chi connectivity index (χ3v) is 7.49. The quantitative estimate of drug-likeness (QED) is 0.559. The maximum Gasteiger partial charge on any atom is 0.184 e. The fraction of sp³-hybridized carbons (Fsp3) is 0.500. The van der Waals surface area contributed by atoms with Crippen molar-refractivity contribution in [2.75, 3.05) is 12.8 Å². The molecule has 5 atom stereocenters. The van der Waals surface area contributed by atoms with E-state index in [0.29, 0.717) is 12.2 Å². The number of likely N-dealkylation sites (N-methyl/N-ethyl adjacent to an activating group) is 1. The Balaban J connectivity index is 1.67. The number of nitrogens with zero attached hydrogens (tertiary/aromatic N) is 1. The van der Waals surface area contributed by atoms with E-state index in [1.807, 2.05) is 6.07 Å². The second-order valence-electron chi connectivity index (χ2n) is 8.14. The normalized spacial score (nSPS) is 34.4. The second-order valence-corrected chi connectivity index (χ2v) is 10.2. The minimum absolute atomic E-state index is 0.208. The number of ether oxygens (including phenoxy) is 2. The van der Waals surface area contributed by atoms with Crippen molar-refractivity contribution in [3.05, 3.63) is 59.7 Å². The smallest absolute Gasteiger partial charge is 0.184 e. The van der Waals surface area contributed by atoms with Crippen LogP contribution in [0.5, 0.6) is 0 Å². The number of rotatable bonds is 5. The number of hydrogen-bond donors (Lipinski definition) is 0. The Hall–Kier alpha value is -1.71. The van der Waals surface area contributed by atoms with E-state index in [4.69, 9.17) is 13.9 Å². The number of sulfone groups is 1. The van der Waals surface area contributed by atoms with Gasteiger partial charge in [-0.3, -0.25) is 0 Å². The number of quaternary nitrogens is 1. The molecule has 0 saturated carbocycles. The molecule has 2 saturated heterocycles. The van der Waals surface area contributed by atoms with Crippen molar-refractivity contribution < 1.29 is 27.0 Å². The van der Waals surface area contributed by atoms with E-state index in [1.165, 1.54) is 7.05 Å². The van der Waals surface area contributed by atoms with E-state index in [2.05, 4.69) is 0 Å². The van der Waals surface area contributed by atoms with Gasteiger partial charge in [-0.2, -0.15) is 0 Å². The van der Waals surface area contributed by atoms with Gasteiger partial charge in [0.25, 0.3) is 0 Å². The molecule has 0 amide bonds. The second kappa shape index (κ2) is 6.67. The van der Waals surface area contributed by atoms with Gasteiger partial charge in [-0.25, -0.2) is 8.42 Å². The Morgan fingerprint density at radius 3 is 2.29 bits per heavy atom. The van der Waals surface area contributed by atoms with Crippen LogP contribution in [0.25, 0.3) is 0 Å². The van der Waals surface area contributed by atoms with E-state index >= 15 is 0 Å². The van der Waals surface area contributed by atoms with Gasteiger partial charge < -0.3 is 23.7 Å². The number of benzene rings is 1. The summed E-state index contributed by atoms with van der Waals surface area (Å²) in [6, 6.07) is 10.5. The zero-order valence-corrected chi connectivity index (χ0v) is 17.0. The molecular weight excluding hydrogens is 382 g/mol. The van der Waals surface area contributed by atoms with Crippen LogP contribution in [0.3, 0.4) is 0 Å². The molecule has 0 radical (unpaired) electrons. The van der Waals surface area contributed by atoms with Crippen LogP contribution in [0, 0.1) is 5.21 Å². The summed E-state index contributed by atoms with van der Waals surface area (Å²) in [6.45, 7) is 3.57. The van der Waals surface area contributed by atoms with Crippen LogP contribution in [0.2, 0.25) is 0 Å². The number of hydroxylamine groups is 3. The number of furan rings is 1. The van der Waals surface area contributed by atoms with Gasteiger partial charge in [0.1, 0.15) is 35.8 Å². The molecule has 2 aliphatic rings. The summed E-state index contributed by atoms with van der Waals surface area (Å²) >= 11 is 0. The minimum Gasteiger partial charge on any atom is -0.632 e. The van der Waals surface area contributed by atoms with Crippen molar-refractivity contribution in [3.63, 3.8) is 0 Å². The zero-order chi connectivity index (χ0) is 20.2. The molecule has 3 heterocycles. The Kier molecular flexibility index (Phi) is 4.67. The summed E-state index contributed by atoms with van der Waals surface area (Å²) in [4.78, 5) is 0.208. The molecule has 0 unspecified atom stereocenters. The van der Waals surface area contributed by atoms with Crippen LogP contribution in [-0.2, 0) is 25.7 Å². The lowest BCUT2D eigenvalue weighted by Crippen LogP contribution is -2.55. The summed E-state index contributed by atoms with van der Waals surface area (Å²) in [6.07, 6.45) is 0.814. The van der Waals surface area contributed by atoms with Gasteiger partial charge in [0.15, 0.2) is 15.6 Å². The molecule has 152 valence electrons. The minimum atomic E-state index is -3.65. The first-order valence-electron chi connectivity index (χ1n) is 9.33. The van der Waals surface area contributed by atoms with Crippen molar-refractivity contribution >= 4 is 9.84 Å². The van der Waals surface area contributed by atoms with Crippen molar-refractivity contribution in [1.82, 2.24) is 0 Å². The highest BCUT2D eigenvalue weighted by molar-refractivity contribution is 7.91. The molecule has 1 aromatic heterocycles. The summed E-state index contributed by atoms with van der Waals surface area (Å²) in [5.74, 6) is -0.498. The molecule has 2 fully saturated rings. The molecule has 0 bridgehead atoms. The van der Waals surface area contributed by atoms with Crippen LogP contribution in [0.1, 0.15) is 19.6 Å². The first-order chi connectivity index (χ1) is 13.1. The summed E-state index contributed by atoms with van der Waals surface area (Å²) in [7, 11) is -2.14. The first kappa shape index (κ1) is 19.6. The average molecular weight is 407 g/mol. The fourth-order valence-electron chi connectivity index (χ4n) is 4.37. The van der Waals surface area contributed by atoms with Crippen LogP contribution in [0.4, 0.5) is 0 Å². The molecule has 4 rings (SSSR count). The van der Waals surface area contributed by atoms with Gasteiger partial charge in [-0.15, -0.1) is 0 Å². The van der Waals surface area contributed by atoms with E-state index in [9.17, 15) is 13.6 Å². The first-order valence-corrected chi connectivity index (χ1v) is 11.0. The van der Waals surface area contributed by atoms with Crippen LogP contribution in [-0.4, -0.2) is 55.9 Å². The highest BCUT2D eigenvalue weighted by atomic mass is 32.2. The lowest BCUT2D eigenvalue weighted by molar-refractivity contribution is -0.898. The molecule has 0 spiro atoms. The SMILES string of the molecule is CC1(C)O[C@@H]2[C@H](O1)[C@H](CS(=O)(=O)c1ccccc1)[N@+](C)([O-])[C@@H]2Cc1ccco1. The number of likely N-dealkylation sites (tertiary alicyclic amines) is 1. The molecule has 0 N–H and O–H groups in total. The van der Waals surface area contributed by atoms with Gasteiger partial charge >= 0.3 is 0 Å². The number of hydrogen-bond acceptors (Lipinski definition) is 6. The maximum atomic E-state index is 13.7. The Labute approximate surface area is 164 Å². The van der Waals surface area contributed by atoms with Gasteiger partial charge in [0, 0.05) is 0 Å². The van der Waals surface area contributed by atoms with Gasteiger partial charge in [0.05, 0.1) is 24.6 Å². The van der Waals surface area contributed by atoms with Crippen LogP contribution < -0.4 is 0 Å². The van der Waals surface area contributed by atoms with Crippen molar-refractivity contribution in [2.45, 2.75) is 55.2 Å². The van der Waals surface area contributed by atoms with Crippen LogP contribution in [0.15, 0.2) is 58.0 Å². The lowest BCUT2D eigenvalue weighted by atomic mass is 10.0.